The van der Waals surface area contributed by atoms with E-state index in [1.54, 1.807) is 0 Å². The van der Waals surface area contributed by atoms with Gasteiger partial charge in [-0.3, -0.25) is 0 Å². The van der Waals surface area contributed by atoms with E-state index in [0.717, 1.165) is 36.4 Å². The van der Waals surface area contributed by atoms with Crippen molar-refractivity contribution in [3.8, 4) is 11.5 Å². The quantitative estimate of drug-likeness (QED) is 0.615. The van der Waals surface area contributed by atoms with Gasteiger partial charge in [0.2, 0.25) is 0 Å². The van der Waals surface area contributed by atoms with Crippen LogP contribution in [0.25, 0.3) is 0 Å². The SMILES string of the molecule is O=C(O)c1ccc(Oc2ccc(C(=O)O)cc2C(=O)O)c(C(=O)O)c1. The van der Waals surface area contributed by atoms with E-state index in [4.69, 9.17) is 14.9 Å². The number of hydrogen-bond acceptors (Lipinski definition) is 5. The van der Waals surface area contributed by atoms with Gasteiger partial charge in [0.05, 0.1) is 11.1 Å². The Kier molecular flexibility index (Phi) is 4.69. The zero-order valence-electron chi connectivity index (χ0n) is 12.3. The van der Waals surface area contributed by atoms with Crippen LogP contribution in [-0.4, -0.2) is 44.3 Å². The molecule has 0 radical (unpaired) electrons. The van der Waals surface area contributed by atoms with Gasteiger partial charge in [-0.15, -0.1) is 0 Å². The number of carbonyl (C=O) groups is 4. The van der Waals surface area contributed by atoms with E-state index in [9.17, 15) is 29.4 Å². The lowest BCUT2D eigenvalue weighted by atomic mass is 10.1. The van der Waals surface area contributed by atoms with E-state index < -0.39 is 35.0 Å². The number of benzene rings is 2. The molecule has 0 spiro atoms. The molecule has 4 N–H and O–H groups in total. The summed E-state index contributed by atoms with van der Waals surface area (Å²) in [5.74, 6) is -6.21. The Morgan fingerprint density at radius 2 is 0.960 bits per heavy atom. The van der Waals surface area contributed by atoms with Crippen LogP contribution in [0.5, 0.6) is 11.5 Å². The molecule has 0 aliphatic heterocycles. The van der Waals surface area contributed by atoms with E-state index >= 15 is 0 Å². The zero-order chi connectivity index (χ0) is 18.7. The minimum absolute atomic E-state index is 0.288. The van der Waals surface area contributed by atoms with Gasteiger partial charge in [0, 0.05) is 0 Å². The van der Waals surface area contributed by atoms with Gasteiger partial charge in [-0.05, 0) is 36.4 Å². The van der Waals surface area contributed by atoms with Crippen molar-refractivity contribution >= 4 is 23.9 Å². The molecule has 9 nitrogen and oxygen atoms in total. The summed E-state index contributed by atoms with van der Waals surface area (Å²) in [5.41, 5.74) is -1.55. The van der Waals surface area contributed by atoms with Gasteiger partial charge in [0.1, 0.15) is 22.6 Å². The first-order valence-electron chi connectivity index (χ1n) is 6.60. The molecule has 25 heavy (non-hydrogen) atoms. The summed E-state index contributed by atoms with van der Waals surface area (Å²) < 4.78 is 5.29. The van der Waals surface area contributed by atoms with Crippen molar-refractivity contribution < 1.29 is 44.3 Å². The Hall–Kier alpha value is -3.88. The molecule has 0 aliphatic carbocycles. The summed E-state index contributed by atoms with van der Waals surface area (Å²) in [6.07, 6.45) is 0. The first kappa shape index (κ1) is 17.5. The average molecular weight is 346 g/mol. The van der Waals surface area contributed by atoms with Crippen molar-refractivity contribution in [2.24, 2.45) is 0 Å². The second kappa shape index (κ2) is 6.71. The largest absolute Gasteiger partial charge is 0.478 e. The van der Waals surface area contributed by atoms with Crippen LogP contribution < -0.4 is 4.74 Å². The molecule has 128 valence electrons. The molecule has 0 amide bonds. The fraction of sp³-hybridized carbons (Fsp3) is 0. The molecule has 0 saturated carbocycles. The van der Waals surface area contributed by atoms with Crippen LogP contribution in [0.3, 0.4) is 0 Å². The van der Waals surface area contributed by atoms with Crippen LogP contribution >= 0.6 is 0 Å². The standard InChI is InChI=1S/C16H10O9/c17-13(18)7-1-3-11(9(5-7)15(21)22)25-12-4-2-8(14(19)20)6-10(12)16(23)24/h1-6H,(H,17,18)(H,19,20)(H,21,22)(H,23,24). The van der Waals surface area contributed by atoms with Crippen LogP contribution in [0.15, 0.2) is 36.4 Å². The maximum Gasteiger partial charge on any atom is 0.339 e. The summed E-state index contributed by atoms with van der Waals surface area (Å²) in [6.45, 7) is 0. The van der Waals surface area contributed by atoms with Crippen molar-refractivity contribution in [1.82, 2.24) is 0 Å². The van der Waals surface area contributed by atoms with Gasteiger partial charge >= 0.3 is 23.9 Å². The second-order valence-electron chi connectivity index (χ2n) is 4.74. The van der Waals surface area contributed by atoms with Gasteiger partial charge in [0.15, 0.2) is 0 Å². The summed E-state index contributed by atoms with van der Waals surface area (Å²) in [5, 5.41) is 36.2. The molecule has 0 bridgehead atoms. The van der Waals surface area contributed by atoms with Crippen molar-refractivity contribution in [1.29, 1.82) is 0 Å². The van der Waals surface area contributed by atoms with E-state index in [-0.39, 0.29) is 22.6 Å². The number of aromatic carboxylic acids is 4. The summed E-state index contributed by atoms with van der Waals surface area (Å²) >= 11 is 0. The Morgan fingerprint density at radius 3 is 1.24 bits per heavy atom. The van der Waals surface area contributed by atoms with Crippen molar-refractivity contribution in [3.05, 3.63) is 58.7 Å². The Labute approximate surface area is 139 Å². The van der Waals surface area contributed by atoms with Gasteiger partial charge in [-0.1, -0.05) is 0 Å². The zero-order valence-corrected chi connectivity index (χ0v) is 12.3. The first-order chi connectivity index (χ1) is 11.7. The van der Waals surface area contributed by atoms with Crippen LogP contribution in [0.4, 0.5) is 0 Å². The highest BCUT2D eigenvalue weighted by Crippen LogP contribution is 2.30. The van der Waals surface area contributed by atoms with E-state index in [1.165, 1.54) is 0 Å². The number of rotatable bonds is 6. The highest BCUT2D eigenvalue weighted by Gasteiger charge is 2.20. The fourth-order valence-corrected chi connectivity index (χ4v) is 1.96. The molecule has 0 atom stereocenters. The van der Waals surface area contributed by atoms with E-state index in [0.29, 0.717) is 0 Å². The Bertz CT molecular complexity index is 825. The van der Waals surface area contributed by atoms with Gasteiger partial charge in [-0.2, -0.15) is 0 Å². The topological polar surface area (TPSA) is 158 Å². The van der Waals surface area contributed by atoms with Crippen molar-refractivity contribution in [2.45, 2.75) is 0 Å². The molecular formula is C16H10O9. The predicted molar refractivity (Wildman–Crippen MR) is 80.8 cm³/mol. The molecule has 0 fully saturated rings. The van der Waals surface area contributed by atoms with E-state index in [2.05, 4.69) is 0 Å². The van der Waals surface area contributed by atoms with Crippen LogP contribution in [-0.2, 0) is 0 Å². The lowest BCUT2D eigenvalue weighted by Crippen LogP contribution is -2.07. The van der Waals surface area contributed by atoms with E-state index in [1.807, 2.05) is 0 Å². The third-order valence-electron chi connectivity index (χ3n) is 3.13. The maximum atomic E-state index is 11.3. The number of carboxylic acids is 4. The molecule has 0 aromatic heterocycles. The monoisotopic (exact) mass is 346 g/mol. The predicted octanol–water partition coefficient (Wildman–Crippen LogP) is 2.27. The van der Waals surface area contributed by atoms with Gasteiger partial charge in [-0.25, -0.2) is 19.2 Å². The lowest BCUT2D eigenvalue weighted by molar-refractivity contribution is 0.0677. The van der Waals surface area contributed by atoms with Crippen molar-refractivity contribution in [3.63, 3.8) is 0 Å². The first-order valence-corrected chi connectivity index (χ1v) is 6.60. The normalized spacial score (nSPS) is 10.1. The highest BCUT2D eigenvalue weighted by molar-refractivity contribution is 5.97. The number of hydrogen-bond donors (Lipinski definition) is 4. The number of ether oxygens (including phenoxy) is 1. The minimum Gasteiger partial charge on any atom is -0.478 e. The molecule has 9 heteroatoms. The molecule has 0 heterocycles. The van der Waals surface area contributed by atoms with Crippen LogP contribution in [0.1, 0.15) is 41.4 Å². The molecule has 2 rings (SSSR count). The highest BCUT2D eigenvalue weighted by atomic mass is 16.5. The smallest absolute Gasteiger partial charge is 0.339 e. The van der Waals surface area contributed by atoms with Gasteiger partial charge < -0.3 is 25.2 Å². The summed E-state index contributed by atoms with van der Waals surface area (Å²) in [4.78, 5) is 44.4. The third kappa shape index (κ3) is 3.72. The lowest BCUT2D eigenvalue weighted by Gasteiger charge is -2.12. The summed E-state index contributed by atoms with van der Waals surface area (Å²) in [6, 6.07) is 6.07. The van der Waals surface area contributed by atoms with Crippen LogP contribution in [0.2, 0.25) is 0 Å². The third-order valence-corrected chi connectivity index (χ3v) is 3.13. The molecule has 0 aliphatic rings. The average Bonchev–Trinajstić information content (AvgIpc) is 2.54. The van der Waals surface area contributed by atoms with Crippen molar-refractivity contribution in [2.75, 3.05) is 0 Å². The molecule has 2 aromatic carbocycles. The van der Waals surface area contributed by atoms with Gasteiger partial charge in [0.25, 0.3) is 0 Å². The summed E-state index contributed by atoms with van der Waals surface area (Å²) in [7, 11) is 0. The Morgan fingerprint density at radius 1 is 0.600 bits per heavy atom. The maximum absolute atomic E-state index is 11.3. The molecule has 0 unspecified atom stereocenters. The number of carboxylic acid groups (broad SMARTS) is 4. The Balaban J connectivity index is 2.52. The van der Waals surface area contributed by atoms with Crippen LogP contribution in [0, 0.1) is 0 Å². The second-order valence-corrected chi connectivity index (χ2v) is 4.74. The minimum atomic E-state index is -1.47. The fourth-order valence-electron chi connectivity index (χ4n) is 1.96. The molecule has 2 aromatic rings. The molecule has 0 saturated heterocycles. The molecular weight excluding hydrogens is 336 g/mol.